The zero-order chi connectivity index (χ0) is 10.9. The fourth-order valence-electron chi connectivity index (χ4n) is 4.27. The second-order valence-corrected chi connectivity index (χ2v) is 5.41. The van der Waals surface area contributed by atoms with Gasteiger partial charge in [-0.2, -0.15) is 0 Å². The predicted molar refractivity (Wildman–Crippen MR) is 59.7 cm³/mol. The minimum Gasteiger partial charge on any atom is -0.481 e. The molecule has 0 saturated heterocycles. The van der Waals surface area contributed by atoms with Crippen molar-refractivity contribution in [2.45, 2.75) is 58.3 Å². The molecule has 0 aliphatic heterocycles. The van der Waals surface area contributed by atoms with Crippen molar-refractivity contribution in [3.63, 3.8) is 0 Å². The summed E-state index contributed by atoms with van der Waals surface area (Å²) in [5, 5.41) is 9.12. The molecule has 2 heteroatoms. The zero-order valence-corrected chi connectivity index (χ0v) is 9.67. The molecule has 2 saturated carbocycles. The lowest BCUT2D eigenvalue weighted by Crippen LogP contribution is -2.45. The molecule has 2 bridgehead atoms. The lowest BCUT2D eigenvalue weighted by atomic mass is 9.52. The molecule has 0 aromatic carbocycles. The van der Waals surface area contributed by atoms with Gasteiger partial charge in [0, 0.05) is 0 Å². The quantitative estimate of drug-likeness (QED) is 0.774. The normalized spacial score (nSPS) is 40.1. The number of aliphatic carboxylic acids is 1. The van der Waals surface area contributed by atoms with Crippen molar-refractivity contribution >= 4 is 5.97 Å². The first-order valence-electron chi connectivity index (χ1n) is 6.41. The minimum atomic E-state index is -0.587. The standard InChI is InChI=1S/C13H22O2/c1-2-13(9-12(14)15)10-5-3-6-11(13)8-4-7-10/h10-11H,2-9H2,1H3,(H,14,15). The molecule has 15 heavy (non-hydrogen) atoms. The van der Waals surface area contributed by atoms with Crippen molar-refractivity contribution in [3.8, 4) is 0 Å². The van der Waals surface area contributed by atoms with Crippen LogP contribution in [0.1, 0.15) is 58.3 Å². The van der Waals surface area contributed by atoms with Gasteiger partial charge in [-0.1, -0.05) is 19.8 Å². The fourth-order valence-corrected chi connectivity index (χ4v) is 4.27. The van der Waals surface area contributed by atoms with Gasteiger partial charge in [0.25, 0.3) is 0 Å². The number of carboxylic acids is 1. The Morgan fingerprint density at radius 2 is 1.67 bits per heavy atom. The Morgan fingerprint density at radius 3 is 2.00 bits per heavy atom. The molecular weight excluding hydrogens is 188 g/mol. The average Bonchev–Trinajstić information content (AvgIpc) is 2.15. The van der Waals surface area contributed by atoms with Crippen LogP contribution in [0.2, 0.25) is 0 Å². The lowest BCUT2D eigenvalue weighted by molar-refractivity contribution is -0.145. The molecule has 86 valence electrons. The zero-order valence-electron chi connectivity index (χ0n) is 9.67. The summed E-state index contributed by atoms with van der Waals surface area (Å²) in [6, 6.07) is 0. The number of rotatable bonds is 3. The van der Waals surface area contributed by atoms with Crippen molar-refractivity contribution in [1.29, 1.82) is 0 Å². The highest BCUT2D eigenvalue weighted by molar-refractivity contribution is 5.68. The molecule has 1 N–H and O–H groups in total. The van der Waals surface area contributed by atoms with Gasteiger partial charge in [0.15, 0.2) is 0 Å². The van der Waals surface area contributed by atoms with Crippen LogP contribution < -0.4 is 0 Å². The maximum Gasteiger partial charge on any atom is 0.303 e. The van der Waals surface area contributed by atoms with Crippen LogP contribution in [-0.2, 0) is 4.79 Å². The molecule has 0 heterocycles. The monoisotopic (exact) mass is 210 g/mol. The van der Waals surface area contributed by atoms with Crippen LogP contribution in [0.4, 0.5) is 0 Å². The van der Waals surface area contributed by atoms with E-state index in [1.807, 2.05) is 0 Å². The molecule has 0 amide bonds. The number of carboxylic acid groups (broad SMARTS) is 1. The molecule has 0 aromatic heterocycles. The van der Waals surface area contributed by atoms with Gasteiger partial charge in [-0.25, -0.2) is 0 Å². The number of hydrogen-bond acceptors (Lipinski definition) is 1. The maximum atomic E-state index is 11.1. The van der Waals surface area contributed by atoms with E-state index in [4.69, 9.17) is 5.11 Å². The summed E-state index contributed by atoms with van der Waals surface area (Å²) >= 11 is 0. The van der Waals surface area contributed by atoms with E-state index < -0.39 is 5.97 Å². The Hall–Kier alpha value is -0.530. The van der Waals surface area contributed by atoms with Gasteiger partial charge >= 0.3 is 5.97 Å². The molecule has 0 atom stereocenters. The Labute approximate surface area is 92.1 Å². The SMILES string of the molecule is CCC1(CC(=O)O)C2CCCC1CCC2. The second kappa shape index (κ2) is 4.15. The van der Waals surface area contributed by atoms with Crippen LogP contribution in [0.15, 0.2) is 0 Å². The van der Waals surface area contributed by atoms with Gasteiger partial charge in [0.2, 0.25) is 0 Å². The Morgan fingerprint density at radius 1 is 1.20 bits per heavy atom. The van der Waals surface area contributed by atoms with Crippen LogP contribution in [-0.4, -0.2) is 11.1 Å². The second-order valence-electron chi connectivity index (χ2n) is 5.41. The molecule has 0 unspecified atom stereocenters. The van der Waals surface area contributed by atoms with E-state index in [0.29, 0.717) is 18.3 Å². The summed E-state index contributed by atoms with van der Waals surface area (Å²) in [4.78, 5) is 11.1. The Bertz CT molecular complexity index is 225. The van der Waals surface area contributed by atoms with Gasteiger partial charge in [0.05, 0.1) is 6.42 Å². The third-order valence-electron chi connectivity index (χ3n) is 4.98. The third-order valence-corrected chi connectivity index (χ3v) is 4.98. The van der Waals surface area contributed by atoms with Crippen molar-refractivity contribution in [2.75, 3.05) is 0 Å². The van der Waals surface area contributed by atoms with E-state index in [0.717, 1.165) is 6.42 Å². The van der Waals surface area contributed by atoms with Crippen LogP contribution in [0.5, 0.6) is 0 Å². The highest BCUT2D eigenvalue weighted by Crippen LogP contribution is 2.56. The van der Waals surface area contributed by atoms with Crippen LogP contribution in [0.25, 0.3) is 0 Å². The van der Waals surface area contributed by atoms with Crippen LogP contribution in [0, 0.1) is 17.3 Å². The first-order chi connectivity index (χ1) is 7.19. The predicted octanol–water partition coefficient (Wildman–Crippen LogP) is 3.46. The number of fused-ring (bicyclic) bond motifs is 2. The molecule has 2 aliphatic carbocycles. The maximum absolute atomic E-state index is 11.1. The first kappa shape index (κ1) is 11.0. The first-order valence-corrected chi connectivity index (χ1v) is 6.41. The summed E-state index contributed by atoms with van der Waals surface area (Å²) in [5.74, 6) is 0.813. The molecule has 0 radical (unpaired) electrons. The van der Waals surface area contributed by atoms with Crippen molar-refractivity contribution in [2.24, 2.45) is 17.3 Å². The molecule has 2 fully saturated rings. The van der Waals surface area contributed by atoms with Crippen LogP contribution in [0.3, 0.4) is 0 Å². The van der Waals surface area contributed by atoms with Gasteiger partial charge in [-0.05, 0) is 49.4 Å². The summed E-state index contributed by atoms with van der Waals surface area (Å²) in [5.41, 5.74) is 0.155. The van der Waals surface area contributed by atoms with Gasteiger partial charge in [-0.3, -0.25) is 4.79 Å². The fraction of sp³-hybridized carbons (Fsp3) is 0.923. The molecule has 0 aromatic rings. The number of hydrogen-bond donors (Lipinski definition) is 1. The highest BCUT2D eigenvalue weighted by Gasteiger charge is 2.48. The van der Waals surface area contributed by atoms with E-state index in [2.05, 4.69) is 6.92 Å². The van der Waals surface area contributed by atoms with Crippen molar-refractivity contribution in [3.05, 3.63) is 0 Å². The van der Waals surface area contributed by atoms with E-state index >= 15 is 0 Å². The highest BCUT2D eigenvalue weighted by atomic mass is 16.4. The Kier molecular flexibility index (Phi) is 3.03. The third kappa shape index (κ3) is 1.79. The minimum absolute atomic E-state index is 0.155. The summed E-state index contributed by atoms with van der Waals surface area (Å²) in [6.07, 6.45) is 9.24. The average molecular weight is 210 g/mol. The molecule has 2 aliphatic rings. The van der Waals surface area contributed by atoms with Crippen molar-refractivity contribution < 1.29 is 9.90 Å². The molecule has 2 rings (SSSR count). The lowest BCUT2D eigenvalue weighted by Gasteiger charge is -2.52. The molecular formula is C13H22O2. The van der Waals surface area contributed by atoms with E-state index in [1.165, 1.54) is 38.5 Å². The molecule has 0 spiro atoms. The van der Waals surface area contributed by atoms with E-state index in [-0.39, 0.29) is 5.41 Å². The van der Waals surface area contributed by atoms with Crippen LogP contribution >= 0.6 is 0 Å². The van der Waals surface area contributed by atoms with Gasteiger partial charge in [0.1, 0.15) is 0 Å². The summed E-state index contributed by atoms with van der Waals surface area (Å²) in [6.45, 7) is 2.19. The summed E-state index contributed by atoms with van der Waals surface area (Å²) in [7, 11) is 0. The largest absolute Gasteiger partial charge is 0.481 e. The Balaban J connectivity index is 2.23. The van der Waals surface area contributed by atoms with E-state index in [1.54, 1.807) is 0 Å². The number of carbonyl (C=O) groups is 1. The van der Waals surface area contributed by atoms with Gasteiger partial charge in [-0.15, -0.1) is 0 Å². The smallest absolute Gasteiger partial charge is 0.303 e. The topological polar surface area (TPSA) is 37.3 Å². The van der Waals surface area contributed by atoms with E-state index in [9.17, 15) is 4.79 Å². The van der Waals surface area contributed by atoms with Gasteiger partial charge < -0.3 is 5.11 Å². The molecule has 2 nitrogen and oxygen atoms in total. The summed E-state index contributed by atoms with van der Waals surface area (Å²) < 4.78 is 0. The van der Waals surface area contributed by atoms with Crippen molar-refractivity contribution in [1.82, 2.24) is 0 Å².